The second-order valence-electron chi connectivity index (χ2n) is 3.18. The van der Waals surface area contributed by atoms with Gasteiger partial charge in [-0.1, -0.05) is 6.07 Å². The Kier molecular flexibility index (Phi) is 2.29. The number of nitrogens with two attached hydrogens (primary N) is 1. The van der Waals surface area contributed by atoms with Crippen molar-refractivity contribution in [2.75, 3.05) is 5.73 Å². The number of benzene rings is 1. The fourth-order valence-corrected chi connectivity index (χ4v) is 1.44. The molecule has 0 aliphatic heterocycles. The van der Waals surface area contributed by atoms with Crippen LogP contribution in [0, 0.1) is 0 Å². The number of aromatic nitrogens is 3. The lowest BCUT2D eigenvalue weighted by atomic mass is 10.1. The van der Waals surface area contributed by atoms with E-state index < -0.39 is 0 Å². The third kappa shape index (κ3) is 1.52. The lowest BCUT2D eigenvalue weighted by Gasteiger charge is -2.06. The van der Waals surface area contributed by atoms with Gasteiger partial charge in [0.25, 0.3) is 0 Å². The van der Waals surface area contributed by atoms with Gasteiger partial charge in [0.2, 0.25) is 0 Å². The molecule has 15 heavy (non-hydrogen) atoms. The minimum atomic E-state index is 0.0557. The zero-order valence-electron chi connectivity index (χ0n) is 8.38. The van der Waals surface area contributed by atoms with Crippen LogP contribution in [0.2, 0.25) is 0 Å². The van der Waals surface area contributed by atoms with Crippen LogP contribution in [0.4, 0.5) is 5.69 Å². The number of para-hydroxylation sites is 1. The van der Waals surface area contributed by atoms with Gasteiger partial charge in [0.15, 0.2) is 5.82 Å². The van der Waals surface area contributed by atoms with Crippen LogP contribution in [0.3, 0.4) is 0 Å². The second-order valence-corrected chi connectivity index (χ2v) is 3.18. The molecule has 2 rings (SSSR count). The number of phenolic OH excluding ortho intramolecular Hbond substituents is 1. The van der Waals surface area contributed by atoms with Crippen LogP contribution in [-0.2, 0) is 6.54 Å². The largest absolute Gasteiger partial charge is 0.505 e. The van der Waals surface area contributed by atoms with E-state index >= 15 is 0 Å². The van der Waals surface area contributed by atoms with Crippen LogP contribution in [-0.4, -0.2) is 19.9 Å². The van der Waals surface area contributed by atoms with Crippen LogP contribution in [0.1, 0.15) is 6.92 Å². The maximum Gasteiger partial charge on any atom is 0.167 e. The standard InChI is InChI=1S/C10H12N4O/c1-2-14-6-12-13-10(14)7-4-3-5-8(11)9(7)15/h3-6,15H,2,11H2,1H3. The number of nitrogen functional groups attached to an aromatic ring is 1. The van der Waals surface area contributed by atoms with E-state index in [1.54, 1.807) is 24.5 Å². The summed E-state index contributed by atoms with van der Waals surface area (Å²) in [6.45, 7) is 2.73. The fourth-order valence-electron chi connectivity index (χ4n) is 1.44. The maximum atomic E-state index is 9.78. The molecule has 5 nitrogen and oxygen atoms in total. The summed E-state index contributed by atoms with van der Waals surface area (Å²) in [7, 11) is 0. The van der Waals surface area contributed by atoms with Crippen LogP contribution < -0.4 is 5.73 Å². The highest BCUT2D eigenvalue weighted by molar-refractivity contribution is 5.72. The third-order valence-electron chi connectivity index (χ3n) is 2.26. The quantitative estimate of drug-likeness (QED) is 0.570. The van der Waals surface area contributed by atoms with Crippen molar-refractivity contribution in [2.24, 2.45) is 0 Å². The molecule has 0 saturated carbocycles. The summed E-state index contributed by atoms with van der Waals surface area (Å²) in [5.74, 6) is 0.683. The van der Waals surface area contributed by atoms with Gasteiger partial charge in [0.05, 0.1) is 11.3 Å². The molecule has 3 N–H and O–H groups in total. The summed E-state index contributed by atoms with van der Waals surface area (Å²) in [6.07, 6.45) is 1.62. The first-order chi connectivity index (χ1) is 7.24. The van der Waals surface area contributed by atoms with Crippen molar-refractivity contribution in [2.45, 2.75) is 13.5 Å². The van der Waals surface area contributed by atoms with Gasteiger partial charge in [0, 0.05) is 6.54 Å². The van der Waals surface area contributed by atoms with Crippen molar-refractivity contribution in [1.82, 2.24) is 14.8 Å². The Bertz CT molecular complexity index is 478. The van der Waals surface area contributed by atoms with Gasteiger partial charge >= 0.3 is 0 Å². The van der Waals surface area contributed by atoms with Gasteiger partial charge in [0.1, 0.15) is 12.1 Å². The van der Waals surface area contributed by atoms with E-state index in [1.807, 2.05) is 11.5 Å². The topological polar surface area (TPSA) is 77.0 Å². The third-order valence-corrected chi connectivity index (χ3v) is 2.26. The maximum absolute atomic E-state index is 9.78. The number of hydrogen-bond donors (Lipinski definition) is 2. The van der Waals surface area contributed by atoms with Crippen molar-refractivity contribution in [1.29, 1.82) is 0 Å². The molecule has 0 bridgehead atoms. The van der Waals surface area contributed by atoms with E-state index in [9.17, 15) is 5.11 Å². The van der Waals surface area contributed by atoms with Crippen LogP contribution in [0.25, 0.3) is 11.4 Å². The smallest absolute Gasteiger partial charge is 0.167 e. The van der Waals surface area contributed by atoms with Crippen molar-refractivity contribution in [3.63, 3.8) is 0 Å². The number of nitrogens with zero attached hydrogens (tertiary/aromatic N) is 3. The monoisotopic (exact) mass is 204 g/mol. The number of hydrogen-bond acceptors (Lipinski definition) is 4. The Balaban J connectivity index is 2.59. The van der Waals surface area contributed by atoms with E-state index in [2.05, 4.69) is 10.2 Å². The molecule has 5 heteroatoms. The Morgan fingerprint density at radius 1 is 1.47 bits per heavy atom. The normalized spacial score (nSPS) is 10.5. The number of phenols is 1. The first-order valence-electron chi connectivity index (χ1n) is 4.69. The second kappa shape index (κ2) is 3.61. The molecule has 0 unspecified atom stereocenters. The molecule has 78 valence electrons. The zero-order valence-corrected chi connectivity index (χ0v) is 8.38. The molecule has 0 spiro atoms. The number of rotatable bonds is 2. The van der Waals surface area contributed by atoms with Crippen LogP contribution in [0.5, 0.6) is 5.75 Å². The van der Waals surface area contributed by atoms with Gasteiger partial charge in [-0.25, -0.2) is 0 Å². The summed E-state index contributed by atoms with van der Waals surface area (Å²) in [5.41, 5.74) is 6.56. The molecule has 0 amide bonds. The van der Waals surface area contributed by atoms with E-state index in [1.165, 1.54) is 0 Å². The molecule has 2 aromatic rings. The molecule has 1 heterocycles. The van der Waals surface area contributed by atoms with Crippen LogP contribution in [0.15, 0.2) is 24.5 Å². The highest BCUT2D eigenvalue weighted by Gasteiger charge is 2.12. The van der Waals surface area contributed by atoms with E-state index in [4.69, 9.17) is 5.73 Å². The first kappa shape index (κ1) is 9.51. The highest BCUT2D eigenvalue weighted by atomic mass is 16.3. The van der Waals surface area contributed by atoms with Gasteiger partial charge in [-0.2, -0.15) is 0 Å². The summed E-state index contributed by atoms with van der Waals surface area (Å²) in [6, 6.07) is 5.19. The Morgan fingerprint density at radius 2 is 2.27 bits per heavy atom. The van der Waals surface area contributed by atoms with E-state index in [0.29, 0.717) is 17.1 Å². The van der Waals surface area contributed by atoms with Crippen molar-refractivity contribution >= 4 is 5.69 Å². The Labute approximate surface area is 87.2 Å². The number of aryl methyl sites for hydroxylation is 1. The van der Waals surface area contributed by atoms with Gasteiger partial charge in [-0.3, -0.25) is 0 Å². The van der Waals surface area contributed by atoms with Gasteiger partial charge in [-0.05, 0) is 19.1 Å². The molecule has 0 fully saturated rings. The zero-order chi connectivity index (χ0) is 10.8. The summed E-state index contributed by atoms with van der Waals surface area (Å²) < 4.78 is 1.84. The van der Waals surface area contributed by atoms with Crippen molar-refractivity contribution < 1.29 is 5.11 Å². The van der Waals surface area contributed by atoms with Gasteiger partial charge in [-0.15, -0.1) is 10.2 Å². The van der Waals surface area contributed by atoms with Crippen LogP contribution >= 0.6 is 0 Å². The minimum Gasteiger partial charge on any atom is -0.505 e. The van der Waals surface area contributed by atoms with E-state index in [0.717, 1.165) is 6.54 Å². The lowest BCUT2D eigenvalue weighted by Crippen LogP contribution is -1.97. The van der Waals surface area contributed by atoms with Gasteiger partial charge < -0.3 is 15.4 Å². The molecule has 0 radical (unpaired) electrons. The number of aromatic hydroxyl groups is 1. The fraction of sp³-hybridized carbons (Fsp3) is 0.200. The molecule has 0 atom stereocenters. The predicted octanol–water partition coefficient (Wildman–Crippen LogP) is 1.25. The Hall–Kier alpha value is -2.04. The van der Waals surface area contributed by atoms with Crippen molar-refractivity contribution in [3.8, 4) is 17.1 Å². The summed E-state index contributed by atoms with van der Waals surface area (Å²) in [4.78, 5) is 0. The highest BCUT2D eigenvalue weighted by Crippen LogP contribution is 2.32. The number of anilines is 1. The summed E-state index contributed by atoms with van der Waals surface area (Å²) >= 11 is 0. The molecule has 0 aliphatic carbocycles. The molecule has 0 aliphatic rings. The minimum absolute atomic E-state index is 0.0557. The first-order valence-corrected chi connectivity index (χ1v) is 4.69. The predicted molar refractivity (Wildman–Crippen MR) is 57.2 cm³/mol. The molecule has 1 aromatic carbocycles. The Morgan fingerprint density at radius 3 is 3.00 bits per heavy atom. The average Bonchev–Trinajstić information content (AvgIpc) is 2.70. The SMILES string of the molecule is CCn1cnnc1-c1cccc(N)c1O. The molecular formula is C10H12N4O. The van der Waals surface area contributed by atoms with E-state index in [-0.39, 0.29) is 5.75 Å². The van der Waals surface area contributed by atoms with Crippen molar-refractivity contribution in [3.05, 3.63) is 24.5 Å². The summed E-state index contributed by atoms with van der Waals surface area (Å²) in [5, 5.41) is 17.5. The lowest BCUT2D eigenvalue weighted by molar-refractivity contribution is 0.479. The molecule has 1 aromatic heterocycles. The molecule has 0 saturated heterocycles. The molecular weight excluding hydrogens is 192 g/mol. The average molecular weight is 204 g/mol.